The van der Waals surface area contributed by atoms with Crippen molar-refractivity contribution < 1.29 is 8.42 Å². The summed E-state index contributed by atoms with van der Waals surface area (Å²) in [6, 6.07) is 10.5. The molecule has 0 atom stereocenters. The van der Waals surface area contributed by atoms with Crippen molar-refractivity contribution >= 4 is 15.8 Å². The van der Waals surface area contributed by atoms with Crippen LogP contribution in [-0.2, 0) is 10.0 Å². The second-order valence-corrected chi connectivity index (χ2v) is 10.2. The van der Waals surface area contributed by atoms with E-state index in [-0.39, 0.29) is 4.90 Å². The Labute approximate surface area is 198 Å². The molecule has 1 aromatic carbocycles. The van der Waals surface area contributed by atoms with E-state index < -0.39 is 10.0 Å². The summed E-state index contributed by atoms with van der Waals surface area (Å²) in [5, 5.41) is 4.18. The molecular weight excluding hydrogens is 452 g/mol. The Morgan fingerprint density at radius 3 is 2.24 bits per heavy atom. The monoisotopic (exact) mass is 478 g/mol. The average molecular weight is 479 g/mol. The van der Waals surface area contributed by atoms with Gasteiger partial charge in [-0.1, -0.05) is 0 Å². The maximum absolute atomic E-state index is 13.2. The van der Waals surface area contributed by atoms with Crippen molar-refractivity contribution in [1.29, 1.82) is 0 Å². The molecule has 1 saturated heterocycles. The molecule has 10 nitrogen and oxygen atoms in total. The number of piperazine rings is 1. The lowest BCUT2D eigenvalue weighted by atomic mass is 10.3. The molecule has 11 heteroatoms. The van der Waals surface area contributed by atoms with E-state index in [1.165, 1.54) is 4.31 Å². The zero-order valence-corrected chi connectivity index (χ0v) is 20.1. The molecule has 3 aromatic heterocycles. The fourth-order valence-corrected chi connectivity index (χ4v) is 5.47. The second kappa shape index (κ2) is 8.65. The lowest BCUT2D eigenvalue weighted by Gasteiger charge is -2.34. The second-order valence-electron chi connectivity index (χ2n) is 8.25. The summed E-state index contributed by atoms with van der Waals surface area (Å²) in [6.07, 6.45) is 5.26. The van der Waals surface area contributed by atoms with Gasteiger partial charge in [0.25, 0.3) is 0 Å². The molecular formula is C23H26N8O2S. The van der Waals surface area contributed by atoms with Gasteiger partial charge in [-0.25, -0.2) is 28.1 Å². The first kappa shape index (κ1) is 22.2. The molecule has 34 heavy (non-hydrogen) atoms. The topological polar surface area (TPSA) is 102 Å². The predicted molar refractivity (Wildman–Crippen MR) is 128 cm³/mol. The number of nitrogens with zero attached hydrogens (tertiary/aromatic N) is 8. The van der Waals surface area contributed by atoms with Crippen LogP contribution in [0.1, 0.15) is 17.2 Å². The minimum absolute atomic E-state index is 0.281. The molecule has 1 fully saturated rings. The summed E-state index contributed by atoms with van der Waals surface area (Å²) in [6.45, 7) is 7.68. The van der Waals surface area contributed by atoms with Gasteiger partial charge in [-0.2, -0.15) is 9.40 Å². The first-order valence-electron chi connectivity index (χ1n) is 11.0. The van der Waals surface area contributed by atoms with Gasteiger partial charge in [0.1, 0.15) is 23.8 Å². The Hall–Kier alpha value is -3.57. The van der Waals surface area contributed by atoms with Gasteiger partial charge in [-0.15, -0.1) is 0 Å². The molecule has 0 amide bonds. The molecule has 5 rings (SSSR count). The summed E-state index contributed by atoms with van der Waals surface area (Å²) >= 11 is 0. The molecule has 1 aliphatic heterocycles. The summed E-state index contributed by atoms with van der Waals surface area (Å²) in [7, 11) is -3.58. The average Bonchev–Trinajstić information content (AvgIpc) is 3.49. The van der Waals surface area contributed by atoms with E-state index in [2.05, 4.69) is 25.0 Å². The van der Waals surface area contributed by atoms with Crippen LogP contribution in [0.3, 0.4) is 0 Å². The lowest BCUT2D eigenvalue weighted by molar-refractivity contribution is 0.383. The van der Waals surface area contributed by atoms with Gasteiger partial charge in [0, 0.05) is 50.3 Å². The van der Waals surface area contributed by atoms with Crippen molar-refractivity contribution in [2.45, 2.75) is 25.7 Å². The molecule has 0 N–H and O–H groups in total. The largest absolute Gasteiger partial charge is 0.354 e. The number of anilines is 1. The van der Waals surface area contributed by atoms with Crippen LogP contribution in [0.15, 0.2) is 60.0 Å². The number of aromatic nitrogens is 6. The summed E-state index contributed by atoms with van der Waals surface area (Å²) in [5.74, 6) is 2.20. The normalized spacial score (nSPS) is 15.1. The Bertz CT molecular complexity index is 1400. The SMILES string of the molecule is Cc1nc(N2CCN(S(=O)(=O)c3ccc(-n4cccn4)cc3)CC2)cc(-n2cnc(C)c2C)n1. The number of imidazole rings is 1. The Kier molecular flexibility index (Phi) is 5.66. The summed E-state index contributed by atoms with van der Waals surface area (Å²) in [4.78, 5) is 15.9. The molecule has 176 valence electrons. The minimum atomic E-state index is -3.58. The van der Waals surface area contributed by atoms with Gasteiger partial charge >= 0.3 is 0 Å². The van der Waals surface area contributed by atoms with Gasteiger partial charge in [0.05, 0.1) is 16.3 Å². The maximum Gasteiger partial charge on any atom is 0.243 e. The van der Waals surface area contributed by atoms with Crippen molar-refractivity contribution in [3.05, 3.63) is 72.3 Å². The zero-order chi connectivity index (χ0) is 23.9. The number of hydrogen-bond donors (Lipinski definition) is 0. The molecule has 0 bridgehead atoms. The van der Waals surface area contributed by atoms with Gasteiger partial charge in [-0.3, -0.25) is 4.57 Å². The quantitative estimate of drug-likeness (QED) is 0.434. The first-order chi connectivity index (χ1) is 16.3. The molecule has 0 spiro atoms. The standard InChI is InChI=1S/C23H26N8O2S/c1-17-18(2)30(16-24-17)23-15-22(26-19(3)27-23)28-11-13-29(14-12-28)34(32,33)21-7-5-20(6-8-21)31-10-4-9-25-31/h4-10,15-16H,11-14H2,1-3H3. The van der Waals surface area contributed by atoms with E-state index in [0.717, 1.165) is 28.7 Å². The minimum Gasteiger partial charge on any atom is -0.354 e. The number of aryl methyl sites for hydroxylation is 2. The van der Waals surface area contributed by atoms with Crippen LogP contribution in [0.25, 0.3) is 11.5 Å². The Balaban J connectivity index is 1.31. The number of hydrogen-bond acceptors (Lipinski definition) is 7. The van der Waals surface area contributed by atoms with Crippen LogP contribution in [0.4, 0.5) is 5.82 Å². The van der Waals surface area contributed by atoms with Gasteiger partial charge in [0.2, 0.25) is 10.0 Å². The van der Waals surface area contributed by atoms with Crippen LogP contribution in [0.2, 0.25) is 0 Å². The molecule has 4 aromatic rings. The smallest absolute Gasteiger partial charge is 0.243 e. The Morgan fingerprint density at radius 1 is 0.912 bits per heavy atom. The number of benzene rings is 1. The highest BCUT2D eigenvalue weighted by molar-refractivity contribution is 7.89. The highest BCUT2D eigenvalue weighted by atomic mass is 32.2. The van der Waals surface area contributed by atoms with Crippen molar-refractivity contribution in [2.24, 2.45) is 0 Å². The van der Waals surface area contributed by atoms with Crippen LogP contribution < -0.4 is 4.90 Å². The van der Waals surface area contributed by atoms with Crippen LogP contribution in [0.5, 0.6) is 0 Å². The van der Waals surface area contributed by atoms with E-state index in [1.807, 2.05) is 43.7 Å². The number of sulfonamides is 1. The van der Waals surface area contributed by atoms with Gasteiger partial charge in [-0.05, 0) is 51.1 Å². The Morgan fingerprint density at radius 2 is 1.62 bits per heavy atom. The molecule has 0 radical (unpaired) electrons. The fourth-order valence-electron chi connectivity index (χ4n) is 4.05. The van der Waals surface area contributed by atoms with E-state index in [1.54, 1.807) is 41.5 Å². The van der Waals surface area contributed by atoms with Crippen molar-refractivity contribution in [2.75, 3.05) is 31.1 Å². The predicted octanol–water partition coefficient (Wildman–Crippen LogP) is 2.28. The van der Waals surface area contributed by atoms with Crippen molar-refractivity contribution in [3.63, 3.8) is 0 Å². The summed E-state index contributed by atoms with van der Waals surface area (Å²) in [5.41, 5.74) is 2.79. The van der Waals surface area contributed by atoms with E-state index >= 15 is 0 Å². The number of rotatable bonds is 5. The van der Waals surface area contributed by atoms with Gasteiger partial charge < -0.3 is 4.90 Å². The fraction of sp³-hybridized carbons (Fsp3) is 0.304. The third-order valence-electron chi connectivity index (χ3n) is 6.12. The molecule has 0 unspecified atom stereocenters. The van der Waals surface area contributed by atoms with Crippen LogP contribution in [-0.4, -0.2) is 68.2 Å². The van der Waals surface area contributed by atoms with E-state index in [0.29, 0.717) is 32.0 Å². The highest BCUT2D eigenvalue weighted by Crippen LogP contribution is 2.23. The van der Waals surface area contributed by atoms with Crippen molar-refractivity contribution in [3.8, 4) is 11.5 Å². The molecule has 4 heterocycles. The van der Waals surface area contributed by atoms with Crippen molar-refractivity contribution in [1.82, 2.24) is 33.6 Å². The van der Waals surface area contributed by atoms with E-state index in [9.17, 15) is 8.42 Å². The zero-order valence-electron chi connectivity index (χ0n) is 19.3. The third-order valence-corrected chi connectivity index (χ3v) is 8.03. The molecule has 0 saturated carbocycles. The summed E-state index contributed by atoms with van der Waals surface area (Å²) < 4.78 is 31.6. The van der Waals surface area contributed by atoms with Crippen LogP contribution in [0, 0.1) is 20.8 Å². The van der Waals surface area contributed by atoms with Crippen LogP contribution >= 0.6 is 0 Å². The first-order valence-corrected chi connectivity index (χ1v) is 12.5. The molecule has 0 aliphatic carbocycles. The van der Waals surface area contributed by atoms with E-state index in [4.69, 9.17) is 0 Å². The van der Waals surface area contributed by atoms with Gasteiger partial charge in [0.15, 0.2) is 0 Å². The third kappa shape index (κ3) is 4.08. The maximum atomic E-state index is 13.2. The highest BCUT2D eigenvalue weighted by Gasteiger charge is 2.29. The lowest BCUT2D eigenvalue weighted by Crippen LogP contribution is -2.49. The molecule has 1 aliphatic rings.